The highest BCUT2D eigenvalue weighted by molar-refractivity contribution is 6.45. The number of benzene rings is 1. The van der Waals surface area contributed by atoms with E-state index in [0.717, 1.165) is 0 Å². The van der Waals surface area contributed by atoms with Crippen molar-refractivity contribution in [3.63, 3.8) is 0 Å². The average molecular weight is 473 g/mol. The van der Waals surface area contributed by atoms with Crippen LogP contribution in [0.5, 0.6) is 0 Å². The number of aromatic nitrogens is 2. The molecule has 0 spiro atoms. The molecule has 1 amide bonds. The van der Waals surface area contributed by atoms with E-state index in [-0.39, 0.29) is 18.0 Å². The van der Waals surface area contributed by atoms with Crippen molar-refractivity contribution in [1.82, 2.24) is 15.3 Å². The number of nitrogens with one attached hydrogen (secondary N) is 1. The fourth-order valence-electron chi connectivity index (χ4n) is 2.67. The standard InChI is InChI=1S/C20H20F5N5O3/c1-10-6-5-7-12(16(30-32-4)18(31)26-3)13(10)9-33-29-11(2)14-8-15(17(21)22)28-19(27-14)20(23,24)25/h5-8,17H,9H2,1-4H3,(H,26,31)/b29-11+,30-16+. The summed E-state index contributed by atoms with van der Waals surface area (Å²) < 4.78 is 64.9. The van der Waals surface area contributed by atoms with Crippen molar-refractivity contribution >= 4 is 17.3 Å². The summed E-state index contributed by atoms with van der Waals surface area (Å²) in [7, 11) is 2.69. The van der Waals surface area contributed by atoms with Crippen LogP contribution in [-0.4, -0.2) is 41.5 Å². The van der Waals surface area contributed by atoms with Gasteiger partial charge in [-0.25, -0.2) is 18.7 Å². The summed E-state index contributed by atoms with van der Waals surface area (Å²) in [5.41, 5.74) is -0.189. The lowest BCUT2D eigenvalue weighted by Gasteiger charge is -2.13. The largest absolute Gasteiger partial charge is 0.451 e. The molecular formula is C20H20F5N5O3. The van der Waals surface area contributed by atoms with E-state index >= 15 is 0 Å². The minimum absolute atomic E-state index is 0.0322. The summed E-state index contributed by atoms with van der Waals surface area (Å²) in [6.07, 6.45) is -8.26. The molecule has 0 fully saturated rings. The van der Waals surface area contributed by atoms with E-state index in [1.54, 1.807) is 25.1 Å². The first-order valence-electron chi connectivity index (χ1n) is 9.32. The highest BCUT2D eigenvalue weighted by Crippen LogP contribution is 2.28. The van der Waals surface area contributed by atoms with Crippen molar-refractivity contribution in [3.8, 4) is 0 Å². The first-order valence-corrected chi connectivity index (χ1v) is 9.32. The van der Waals surface area contributed by atoms with E-state index in [1.165, 1.54) is 21.1 Å². The maximum absolute atomic E-state index is 13.0. The Labute approximate surface area is 185 Å². The molecular weight excluding hydrogens is 453 g/mol. The van der Waals surface area contributed by atoms with E-state index in [0.29, 0.717) is 22.8 Å². The second-order valence-electron chi connectivity index (χ2n) is 6.55. The maximum atomic E-state index is 13.0. The number of hydrogen-bond acceptors (Lipinski definition) is 7. The summed E-state index contributed by atoms with van der Waals surface area (Å²) >= 11 is 0. The molecule has 178 valence electrons. The van der Waals surface area contributed by atoms with Crippen molar-refractivity contribution < 1.29 is 36.4 Å². The molecule has 0 aliphatic heterocycles. The number of oxime groups is 2. The monoisotopic (exact) mass is 473 g/mol. The van der Waals surface area contributed by atoms with Gasteiger partial charge >= 0.3 is 6.18 Å². The zero-order valence-corrected chi connectivity index (χ0v) is 18.0. The van der Waals surface area contributed by atoms with Gasteiger partial charge in [-0.2, -0.15) is 13.2 Å². The number of likely N-dealkylation sites (N-methyl/N-ethyl adjacent to an activating group) is 1. The highest BCUT2D eigenvalue weighted by atomic mass is 19.4. The van der Waals surface area contributed by atoms with Gasteiger partial charge in [-0.1, -0.05) is 28.5 Å². The SMILES string of the molecule is CNC(=O)/C(=N/OC)c1cccc(C)c1CO/N=C(\C)c1cc(C(F)F)nc(C(F)(F)F)n1. The van der Waals surface area contributed by atoms with Crippen LogP contribution in [-0.2, 0) is 27.3 Å². The van der Waals surface area contributed by atoms with Gasteiger partial charge in [-0.05, 0) is 25.5 Å². The first kappa shape index (κ1) is 25.6. The van der Waals surface area contributed by atoms with Crippen LogP contribution in [0.1, 0.15) is 47.3 Å². The number of hydrogen-bond donors (Lipinski definition) is 1. The lowest BCUT2D eigenvalue weighted by molar-refractivity contribution is -0.145. The maximum Gasteiger partial charge on any atom is 0.451 e. The minimum Gasteiger partial charge on any atom is -0.398 e. The Kier molecular flexibility index (Phi) is 8.38. The molecule has 2 rings (SSSR count). The van der Waals surface area contributed by atoms with Crippen LogP contribution in [0.4, 0.5) is 22.0 Å². The lowest BCUT2D eigenvalue weighted by atomic mass is 9.98. The van der Waals surface area contributed by atoms with E-state index in [4.69, 9.17) is 9.68 Å². The number of rotatable bonds is 8. The molecule has 0 aliphatic carbocycles. The third kappa shape index (κ3) is 6.43. The minimum atomic E-state index is -5.02. The predicted molar refractivity (Wildman–Crippen MR) is 108 cm³/mol. The smallest absolute Gasteiger partial charge is 0.398 e. The Bertz CT molecular complexity index is 1070. The van der Waals surface area contributed by atoms with Crippen molar-refractivity contribution in [2.75, 3.05) is 14.2 Å². The highest BCUT2D eigenvalue weighted by Gasteiger charge is 2.36. The summed E-state index contributed by atoms with van der Waals surface area (Å²) in [4.78, 5) is 28.3. The topological polar surface area (TPSA) is 98.1 Å². The van der Waals surface area contributed by atoms with Gasteiger partial charge < -0.3 is 15.0 Å². The van der Waals surface area contributed by atoms with Crippen molar-refractivity contribution in [2.24, 2.45) is 10.3 Å². The Morgan fingerprint density at radius 2 is 1.91 bits per heavy atom. The summed E-state index contributed by atoms with van der Waals surface area (Å²) in [6, 6.07) is 5.73. The third-order valence-electron chi connectivity index (χ3n) is 4.29. The normalized spacial score (nSPS) is 12.7. The lowest BCUT2D eigenvalue weighted by Crippen LogP contribution is -2.29. The molecule has 0 bridgehead atoms. The number of carbonyl (C=O) groups is 1. The van der Waals surface area contributed by atoms with E-state index in [1.807, 2.05) is 0 Å². The van der Waals surface area contributed by atoms with Gasteiger partial charge in [0.2, 0.25) is 5.82 Å². The van der Waals surface area contributed by atoms with Crippen LogP contribution in [0.25, 0.3) is 0 Å². The number of aryl methyl sites for hydroxylation is 1. The number of halogens is 5. The molecule has 0 unspecified atom stereocenters. The predicted octanol–water partition coefficient (Wildman–Crippen LogP) is 3.78. The molecule has 1 aromatic carbocycles. The number of amides is 1. The molecule has 0 saturated heterocycles. The Hall–Kier alpha value is -3.64. The number of nitrogens with zero attached hydrogens (tertiary/aromatic N) is 4. The van der Waals surface area contributed by atoms with Crippen LogP contribution in [0.15, 0.2) is 34.6 Å². The fourth-order valence-corrected chi connectivity index (χ4v) is 2.67. The van der Waals surface area contributed by atoms with Crippen molar-refractivity contribution in [1.29, 1.82) is 0 Å². The van der Waals surface area contributed by atoms with Gasteiger partial charge in [-0.15, -0.1) is 0 Å². The summed E-state index contributed by atoms with van der Waals surface area (Å²) in [5, 5.41) is 9.88. The zero-order valence-electron chi connectivity index (χ0n) is 18.0. The molecule has 0 saturated carbocycles. The first-order chi connectivity index (χ1) is 15.5. The van der Waals surface area contributed by atoms with Crippen LogP contribution in [0, 0.1) is 6.92 Å². The molecule has 1 heterocycles. The average Bonchev–Trinajstić information content (AvgIpc) is 2.77. The second kappa shape index (κ2) is 10.8. The third-order valence-corrected chi connectivity index (χ3v) is 4.29. The summed E-state index contributed by atoms with van der Waals surface area (Å²) in [5.74, 6) is -2.24. The Morgan fingerprint density at radius 3 is 2.48 bits per heavy atom. The van der Waals surface area contributed by atoms with E-state index in [2.05, 4.69) is 25.6 Å². The molecule has 13 heteroatoms. The van der Waals surface area contributed by atoms with Crippen LogP contribution < -0.4 is 5.32 Å². The molecule has 1 N–H and O–H groups in total. The molecule has 33 heavy (non-hydrogen) atoms. The van der Waals surface area contributed by atoms with Crippen LogP contribution in [0.3, 0.4) is 0 Å². The molecule has 0 radical (unpaired) electrons. The van der Waals surface area contributed by atoms with Crippen LogP contribution in [0.2, 0.25) is 0 Å². The van der Waals surface area contributed by atoms with Gasteiger partial charge in [0, 0.05) is 18.2 Å². The number of carbonyl (C=O) groups excluding carboxylic acids is 1. The fraction of sp³-hybridized carbons (Fsp3) is 0.350. The zero-order chi connectivity index (χ0) is 24.8. The van der Waals surface area contributed by atoms with Crippen molar-refractivity contribution in [3.05, 3.63) is 58.2 Å². The molecule has 0 atom stereocenters. The second-order valence-corrected chi connectivity index (χ2v) is 6.55. The quantitative estimate of drug-likeness (QED) is 0.358. The van der Waals surface area contributed by atoms with Gasteiger partial charge in [-0.3, -0.25) is 4.79 Å². The molecule has 8 nitrogen and oxygen atoms in total. The summed E-state index contributed by atoms with van der Waals surface area (Å²) in [6.45, 7) is 2.78. The van der Waals surface area contributed by atoms with Crippen molar-refractivity contribution in [2.45, 2.75) is 33.1 Å². The van der Waals surface area contributed by atoms with Gasteiger partial charge in [0.15, 0.2) is 5.71 Å². The van der Waals surface area contributed by atoms with Crippen LogP contribution >= 0.6 is 0 Å². The molecule has 2 aromatic rings. The van der Waals surface area contributed by atoms with Gasteiger partial charge in [0.1, 0.15) is 25.1 Å². The molecule has 1 aromatic heterocycles. The molecule has 0 aliphatic rings. The van der Waals surface area contributed by atoms with E-state index < -0.39 is 35.7 Å². The van der Waals surface area contributed by atoms with E-state index in [9.17, 15) is 26.7 Å². The Morgan fingerprint density at radius 1 is 1.21 bits per heavy atom. The number of alkyl halides is 5. The van der Waals surface area contributed by atoms with Gasteiger partial charge in [0.05, 0.1) is 5.69 Å². The Balaban J connectivity index is 2.37. The van der Waals surface area contributed by atoms with Gasteiger partial charge in [0.25, 0.3) is 12.3 Å².